The molecule has 0 aliphatic heterocycles. The summed E-state index contributed by atoms with van der Waals surface area (Å²) in [6.07, 6.45) is 16.3. The van der Waals surface area contributed by atoms with E-state index in [1.165, 1.54) is 51.4 Å². The second-order valence-corrected chi connectivity index (χ2v) is 21.3. The molecule has 5 fully saturated rings. The van der Waals surface area contributed by atoms with Gasteiger partial charge < -0.3 is 9.84 Å². The SMILES string of the molecule is CO[C@@H]1C[C@H]2[C@@H]3CC[C@H]([C@H](C)/C=C/[C@@H](C)C(C)(C(=O)O)[Si](C)(C)C)[C@@]3(C)CC[C@@H]2[C@@]2(C)CC[C@H]3C[C@]312. The molecule has 0 heterocycles. The molecule has 5 rings (SSSR count). The predicted octanol–water partition coefficient (Wildman–Crippen LogP) is 8.28. The molecule has 5 aliphatic carbocycles. The van der Waals surface area contributed by atoms with Crippen LogP contribution in [-0.2, 0) is 9.53 Å². The van der Waals surface area contributed by atoms with Gasteiger partial charge in [0, 0.05) is 12.5 Å². The van der Waals surface area contributed by atoms with Crippen molar-refractivity contribution < 1.29 is 14.6 Å². The van der Waals surface area contributed by atoms with Gasteiger partial charge in [0.1, 0.15) is 0 Å². The highest BCUT2D eigenvalue weighted by molar-refractivity contribution is 6.82. The van der Waals surface area contributed by atoms with E-state index in [0.717, 1.165) is 23.7 Å². The van der Waals surface area contributed by atoms with E-state index in [2.05, 4.69) is 59.5 Å². The van der Waals surface area contributed by atoms with Crippen LogP contribution in [0.5, 0.6) is 0 Å². The largest absolute Gasteiger partial charge is 0.481 e. The first-order valence-electron chi connectivity index (χ1n) is 15.1. The molecular weight excluding hydrogens is 460 g/mol. The fourth-order valence-electron chi connectivity index (χ4n) is 11.3. The van der Waals surface area contributed by atoms with Crippen LogP contribution in [-0.4, -0.2) is 32.4 Å². The Morgan fingerprint density at radius 1 is 1.06 bits per heavy atom. The highest BCUT2D eigenvalue weighted by Crippen LogP contribution is 2.82. The maximum absolute atomic E-state index is 12.4. The van der Waals surface area contributed by atoms with Crippen molar-refractivity contribution in [2.45, 2.75) is 117 Å². The van der Waals surface area contributed by atoms with E-state index in [9.17, 15) is 9.90 Å². The zero-order valence-electron chi connectivity index (χ0n) is 24.7. The Balaban J connectivity index is 1.35. The highest BCUT2D eigenvalue weighted by atomic mass is 28.3. The van der Waals surface area contributed by atoms with E-state index in [1.807, 2.05) is 14.0 Å². The second-order valence-electron chi connectivity index (χ2n) is 15.8. The minimum atomic E-state index is -1.90. The lowest BCUT2D eigenvalue weighted by molar-refractivity contribution is -0.160. The smallest absolute Gasteiger partial charge is 0.307 e. The number of carboxylic acid groups (broad SMARTS) is 1. The summed E-state index contributed by atoms with van der Waals surface area (Å²) in [5.74, 6) is 4.12. The summed E-state index contributed by atoms with van der Waals surface area (Å²) in [6.45, 7) is 18.4. The molecule has 5 aliphatic rings. The van der Waals surface area contributed by atoms with Gasteiger partial charge in [0.25, 0.3) is 0 Å². The summed E-state index contributed by atoms with van der Waals surface area (Å²) in [5.41, 5.74) is 1.41. The molecule has 1 spiro atoms. The second kappa shape index (κ2) is 8.44. The van der Waals surface area contributed by atoms with Crippen LogP contribution in [0.3, 0.4) is 0 Å². The summed E-state index contributed by atoms with van der Waals surface area (Å²) in [4.78, 5) is 12.4. The van der Waals surface area contributed by atoms with Crippen molar-refractivity contribution in [3.63, 3.8) is 0 Å². The lowest BCUT2D eigenvalue weighted by atomic mass is 9.45. The molecule has 12 atom stereocenters. The van der Waals surface area contributed by atoms with E-state index in [-0.39, 0.29) is 5.92 Å². The van der Waals surface area contributed by atoms with E-state index in [0.29, 0.717) is 34.2 Å². The Hall–Kier alpha value is -0.613. The molecule has 204 valence electrons. The Kier molecular flexibility index (Phi) is 6.32. The van der Waals surface area contributed by atoms with Gasteiger partial charge in [-0.3, -0.25) is 4.79 Å². The van der Waals surface area contributed by atoms with E-state index < -0.39 is 19.1 Å². The molecule has 0 radical (unpaired) electrons. The Bertz CT molecular complexity index is 923. The fraction of sp³-hybridized carbons (Fsp3) is 0.906. The summed E-state index contributed by atoms with van der Waals surface area (Å²) >= 11 is 0. The lowest BCUT2D eigenvalue weighted by Gasteiger charge is -2.61. The molecule has 1 unspecified atom stereocenters. The van der Waals surface area contributed by atoms with Crippen LogP contribution >= 0.6 is 0 Å². The van der Waals surface area contributed by atoms with Crippen LogP contribution in [0, 0.1) is 57.7 Å². The standard InChI is InChI=1S/C32H54O3Si/c1-20(10-11-21(2)31(5,28(33)34)36(7,8)9)24-12-13-25-23-18-27(35-6)32-19-22(32)14-17-30(32,4)26(23)15-16-29(24,25)3/h10-11,20-27H,12-19H2,1-9H3,(H,33,34)/b11-10+/t20-,21-,22+,23+,24-,25+,26+,27-,29-,30-,31?,32+/m1/s1. The third-order valence-corrected chi connectivity index (χ3v) is 17.9. The zero-order chi connectivity index (χ0) is 26.5. The van der Waals surface area contributed by atoms with Crippen LogP contribution in [0.1, 0.15) is 86.0 Å². The normalized spacial score (nSPS) is 48.9. The van der Waals surface area contributed by atoms with Crippen molar-refractivity contribution in [1.82, 2.24) is 0 Å². The number of hydrogen-bond donors (Lipinski definition) is 1. The van der Waals surface area contributed by atoms with Gasteiger partial charge in [-0.15, -0.1) is 0 Å². The first-order valence-corrected chi connectivity index (χ1v) is 18.6. The summed E-state index contributed by atoms with van der Waals surface area (Å²) in [5, 5.41) is 9.52. The quantitative estimate of drug-likeness (QED) is 0.275. The minimum absolute atomic E-state index is 0.0515. The van der Waals surface area contributed by atoms with Gasteiger partial charge in [-0.2, -0.15) is 0 Å². The van der Waals surface area contributed by atoms with Crippen LogP contribution in [0.15, 0.2) is 12.2 Å². The van der Waals surface area contributed by atoms with Gasteiger partial charge in [-0.25, -0.2) is 0 Å². The van der Waals surface area contributed by atoms with E-state index in [4.69, 9.17) is 4.74 Å². The maximum atomic E-state index is 12.4. The number of methoxy groups -OCH3 is 1. The lowest BCUT2D eigenvalue weighted by Crippen LogP contribution is -2.57. The molecular formula is C32H54O3Si. The van der Waals surface area contributed by atoms with Gasteiger partial charge >= 0.3 is 5.97 Å². The Morgan fingerprint density at radius 2 is 1.75 bits per heavy atom. The van der Waals surface area contributed by atoms with Gasteiger partial charge in [0.2, 0.25) is 0 Å². The average Bonchev–Trinajstić information content (AvgIpc) is 3.31. The van der Waals surface area contributed by atoms with Crippen LogP contribution in [0.25, 0.3) is 0 Å². The number of allylic oxidation sites excluding steroid dienone is 2. The summed E-state index contributed by atoms with van der Waals surface area (Å²) < 4.78 is 6.31. The van der Waals surface area contributed by atoms with Gasteiger partial charge in [-0.1, -0.05) is 66.4 Å². The minimum Gasteiger partial charge on any atom is -0.481 e. The average molecular weight is 515 g/mol. The molecule has 0 aromatic heterocycles. The van der Waals surface area contributed by atoms with E-state index >= 15 is 0 Å². The van der Waals surface area contributed by atoms with Crippen molar-refractivity contribution in [2.24, 2.45) is 57.7 Å². The van der Waals surface area contributed by atoms with Gasteiger partial charge in [0.05, 0.1) is 19.2 Å². The first-order chi connectivity index (χ1) is 16.7. The maximum Gasteiger partial charge on any atom is 0.307 e. The van der Waals surface area contributed by atoms with Crippen LogP contribution < -0.4 is 0 Å². The van der Waals surface area contributed by atoms with Crippen molar-refractivity contribution >= 4 is 14.0 Å². The molecule has 0 aromatic rings. The van der Waals surface area contributed by atoms with Crippen molar-refractivity contribution in [3.05, 3.63) is 12.2 Å². The third kappa shape index (κ3) is 3.34. The van der Waals surface area contributed by atoms with E-state index in [1.54, 1.807) is 0 Å². The Morgan fingerprint density at radius 3 is 2.33 bits per heavy atom. The Labute approximate surface area is 222 Å². The molecule has 0 saturated heterocycles. The summed E-state index contributed by atoms with van der Waals surface area (Å²) in [6, 6.07) is 0. The number of carbonyl (C=O) groups is 1. The molecule has 36 heavy (non-hydrogen) atoms. The van der Waals surface area contributed by atoms with Crippen molar-refractivity contribution in [1.29, 1.82) is 0 Å². The number of hydrogen-bond acceptors (Lipinski definition) is 2. The monoisotopic (exact) mass is 514 g/mol. The highest BCUT2D eigenvalue weighted by Gasteiger charge is 2.77. The number of fused-ring (bicyclic) bond motifs is 4. The van der Waals surface area contributed by atoms with Crippen molar-refractivity contribution in [3.8, 4) is 0 Å². The van der Waals surface area contributed by atoms with Crippen LogP contribution in [0.4, 0.5) is 0 Å². The van der Waals surface area contributed by atoms with Crippen LogP contribution in [0.2, 0.25) is 24.7 Å². The molecule has 1 N–H and O–H groups in total. The molecule has 5 saturated carbocycles. The van der Waals surface area contributed by atoms with Gasteiger partial charge in [0.15, 0.2) is 0 Å². The molecule has 4 heteroatoms. The molecule has 3 nitrogen and oxygen atoms in total. The zero-order valence-corrected chi connectivity index (χ0v) is 25.7. The first kappa shape index (κ1) is 27.0. The number of aliphatic carboxylic acids is 1. The van der Waals surface area contributed by atoms with Gasteiger partial charge in [-0.05, 0) is 104 Å². The van der Waals surface area contributed by atoms with Crippen molar-refractivity contribution in [2.75, 3.05) is 7.11 Å². The summed E-state index contributed by atoms with van der Waals surface area (Å²) in [7, 11) is 0.0962. The molecule has 0 aromatic carbocycles. The number of ether oxygens (including phenoxy) is 1. The topological polar surface area (TPSA) is 46.5 Å². The number of carboxylic acids is 1. The third-order valence-electron chi connectivity index (χ3n) is 14.2. The number of rotatable bonds is 7. The molecule has 0 bridgehead atoms. The molecule has 0 amide bonds. The predicted molar refractivity (Wildman–Crippen MR) is 151 cm³/mol. The fourth-order valence-corrected chi connectivity index (χ4v) is 13.5.